The van der Waals surface area contributed by atoms with Crippen LogP contribution in [0.3, 0.4) is 0 Å². The molecule has 0 atom stereocenters. The van der Waals surface area contributed by atoms with Crippen LogP contribution in [0.4, 0.5) is 0 Å². The molecule has 78 valence electrons. The SMILES string of the molecule is Cn1ccnc1CNC(=O)c1ccco1. The molecule has 15 heavy (non-hydrogen) atoms. The Kier molecular flexibility index (Phi) is 2.53. The van der Waals surface area contributed by atoms with Gasteiger partial charge in [0, 0.05) is 19.4 Å². The van der Waals surface area contributed by atoms with E-state index in [1.54, 1.807) is 18.3 Å². The van der Waals surface area contributed by atoms with E-state index >= 15 is 0 Å². The second kappa shape index (κ2) is 4.00. The van der Waals surface area contributed by atoms with Gasteiger partial charge < -0.3 is 14.3 Å². The molecule has 5 heteroatoms. The molecule has 2 aromatic rings. The molecule has 0 radical (unpaired) electrons. The Morgan fingerprint density at radius 1 is 1.67 bits per heavy atom. The summed E-state index contributed by atoms with van der Waals surface area (Å²) >= 11 is 0. The van der Waals surface area contributed by atoms with Crippen molar-refractivity contribution in [3.05, 3.63) is 42.4 Å². The van der Waals surface area contributed by atoms with Crippen LogP contribution >= 0.6 is 0 Å². The van der Waals surface area contributed by atoms with Crippen LogP contribution in [-0.4, -0.2) is 15.5 Å². The highest BCUT2D eigenvalue weighted by Gasteiger charge is 2.08. The lowest BCUT2D eigenvalue weighted by Crippen LogP contribution is -2.23. The number of amides is 1. The Morgan fingerprint density at radius 3 is 3.13 bits per heavy atom. The van der Waals surface area contributed by atoms with E-state index in [0.717, 1.165) is 5.82 Å². The van der Waals surface area contributed by atoms with E-state index in [-0.39, 0.29) is 5.91 Å². The third kappa shape index (κ3) is 2.07. The first-order valence-electron chi connectivity index (χ1n) is 4.55. The normalized spacial score (nSPS) is 10.2. The van der Waals surface area contributed by atoms with E-state index in [9.17, 15) is 4.79 Å². The zero-order valence-corrected chi connectivity index (χ0v) is 8.30. The number of furan rings is 1. The lowest BCUT2D eigenvalue weighted by molar-refractivity contribution is 0.0922. The summed E-state index contributed by atoms with van der Waals surface area (Å²) in [6.45, 7) is 0.392. The lowest BCUT2D eigenvalue weighted by atomic mass is 10.4. The zero-order valence-electron chi connectivity index (χ0n) is 8.30. The molecule has 0 saturated heterocycles. The number of carbonyl (C=O) groups is 1. The molecular weight excluding hydrogens is 194 g/mol. The van der Waals surface area contributed by atoms with E-state index in [4.69, 9.17) is 4.42 Å². The van der Waals surface area contributed by atoms with Crippen LogP contribution in [0, 0.1) is 0 Å². The van der Waals surface area contributed by atoms with Gasteiger partial charge in [0.2, 0.25) is 0 Å². The predicted molar refractivity (Wildman–Crippen MR) is 53.1 cm³/mol. The van der Waals surface area contributed by atoms with Gasteiger partial charge in [0.1, 0.15) is 5.82 Å². The van der Waals surface area contributed by atoms with Gasteiger partial charge in [-0.15, -0.1) is 0 Å². The minimum absolute atomic E-state index is 0.233. The first-order chi connectivity index (χ1) is 7.27. The standard InChI is InChI=1S/C10H11N3O2/c1-13-5-4-11-9(13)7-12-10(14)8-3-2-6-15-8/h2-6H,7H2,1H3,(H,12,14). The monoisotopic (exact) mass is 205 g/mol. The van der Waals surface area contributed by atoms with Crippen molar-refractivity contribution in [1.29, 1.82) is 0 Å². The number of hydrogen-bond acceptors (Lipinski definition) is 3. The summed E-state index contributed by atoms with van der Waals surface area (Å²) in [5.41, 5.74) is 0. The molecule has 0 fully saturated rings. The minimum atomic E-state index is -0.233. The number of hydrogen-bond donors (Lipinski definition) is 1. The maximum Gasteiger partial charge on any atom is 0.287 e. The predicted octanol–water partition coefficient (Wildman–Crippen LogP) is 0.943. The number of rotatable bonds is 3. The van der Waals surface area contributed by atoms with Crippen molar-refractivity contribution >= 4 is 5.91 Å². The fraction of sp³-hybridized carbons (Fsp3) is 0.200. The molecule has 0 aromatic carbocycles. The van der Waals surface area contributed by atoms with Crippen LogP contribution in [-0.2, 0) is 13.6 Å². The van der Waals surface area contributed by atoms with E-state index in [1.165, 1.54) is 6.26 Å². The van der Waals surface area contributed by atoms with Crippen LogP contribution in [0.1, 0.15) is 16.4 Å². The number of aryl methyl sites for hydroxylation is 1. The van der Waals surface area contributed by atoms with Crippen molar-refractivity contribution in [2.75, 3.05) is 0 Å². The van der Waals surface area contributed by atoms with E-state index in [1.807, 2.05) is 17.8 Å². The summed E-state index contributed by atoms with van der Waals surface area (Å²) in [7, 11) is 1.88. The number of nitrogens with zero attached hydrogens (tertiary/aromatic N) is 2. The zero-order chi connectivity index (χ0) is 10.7. The topological polar surface area (TPSA) is 60.1 Å². The van der Waals surface area contributed by atoms with Crippen molar-refractivity contribution in [3.8, 4) is 0 Å². The summed E-state index contributed by atoms with van der Waals surface area (Å²) in [5.74, 6) is 0.877. The maximum atomic E-state index is 11.5. The molecule has 0 aliphatic rings. The highest BCUT2D eigenvalue weighted by molar-refractivity contribution is 5.91. The number of carbonyl (C=O) groups excluding carboxylic acids is 1. The van der Waals surface area contributed by atoms with Crippen molar-refractivity contribution in [3.63, 3.8) is 0 Å². The maximum absolute atomic E-state index is 11.5. The summed E-state index contributed by atoms with van der Waals surface area (Å²) < 4.78 is 6.81. The molecule has 2 aromatic heterocycles. The Labute approximate surface area is 86.7 Å². The fourth-order valence-corrected chi connectivity index (χ4v) is 1.22. The largest absolute Gasteiger partial charge is 0.459 e. The molecule has 0 aliphatic heterocycles. The quantitative estimate of drug-likeness (QED) is 0.811. The van der Waals surface area contributed by atoms with Gasteiger partial charge in [-0.1, -0.05) is 0 Å². The molecule has 0 unspecified atom stereocenters. The molecular formula is C10H11N3O2. The van der Waals surface area contributed by atoms with E-state index < -0.39 is 0 Å². The van der Waals surface area contributed by atoms with E-state index in [2.05, 4.69) is 10.3 Å². The summed E-state index contributed by atoms with van der Waals surface area (Å²) in [5, 5.41) is 2.71. The van der Waals surface area contributed by atoms with Crippen LogP contribution in [0.15, 0.2) is 35.2 Å². The second-order valence-electron chi connectivity index (χ2n) is 3.11. The minimum Gasteiger partial charge on any atom is -0.459 e. The van der Waals surface area contributed by atoms with Gasteiger partial charge in [0.25, 0.3) is 5.91 Å². The Morgan fingerprint density at radius 2 is 2.53 bits per heavy atom. The van der Waals surface area contributed by atoms with Crippen molar-refractivity contribution in [2.45, 2.75) is 6.54 Å². The molecule has 0 spiro atoms. The smallest absolute Gasteiger partial charge is 0.287 e. The second-order valence-corrected chi connectivity index (χ2v) is 3.11. The van der Waals surface area contributed by atoms with E-state index in [0.29, 0.717) is 12.3 Å². The van der Waals surface area contributed by atoms with Gasteiger partial charge in [-0.3, -0.25) is 4.79 Å². The van der Waals surface area contributed by atoms with Gasteiger partial charge >= 0.3 is 0 Å². The van der Waals surface area contributed by atoms with Crippen molar-refractivity contribution < 1.29 is 9.21 Å². The number of nitrogens with one attached hydrogen (secondary N) is 1. The van der Waals surface area contributed by atoms with Gasteiger partial charge in [-0.2, -0.15) is 0 Å². The molecule has 1 N–H and O–H groups in total. The first kappa shape index (κ1) is 9.51. The summed E-state index contributed by atoms with van der Waals surface area (Å²) in [4.78, 5) is 15.6. The van der Waals surface area contributed by atoms with Gasteiger partial charge in [0.15, 0.2) is 5.76 Å². The Hall–Kier alpha value is -2.04. The van der Waals surface area contributed by atoms with Crippen LogP contribution in [0.5, 0.6) is 0 Å². The number of imidazole rings is 1. The highest BCUT2D eigenvalue weighted by atomic mass is 16.3. The molecule has 0 saturated carbocycles. The molecule has 0 bridgehead atoms. The van der Waals surface area contributed by atoms with Gasteiger partial charge in [-0.05, 0) is 12.1 Å². The Balaban J connectivity index is 1.95. The van der Waals surface area contributed by atoms with Crippen molar-refractivity contribution in [2.24, 2.45) is 7.05 Å². The molecule has 2 heterocycles. The summed E-state index contributed by atoms with van der Waals surface area (Å²) in [6, 6.07) is 3.30. The van der Waals surface area contributed by atoms with Gasteiger partial charge in [0.05, 0.1) is 12.8 Å². The lowest BCUT2D eigenvalue weighted by Gasteiger charge is -2.02. The van der Waals surface area contributed by atoms with Crippen LogP contribution in [0.25, 0.3) is 0 Å². The molecule has 2 rings (SSSR count). The number of aromatic nitrogens is 2. The summed E-state index contributed by atoms with van der Waals surface area (Å²) in [6.07, 6.45) is 4.98. The third-order valence-corrected chi connectivity index (χ3v) is 2.07. The molecule has 1 amide bonds. The average Bonchev–Trinajstić information content (AvgIpc) is 2.85. The van der Waals surface area contributed by atoms with Crippen LogP contribution < -0.4 is 5.32 Å². The van der Waals surface area contributed by atoms with Crippen molar-refractivity contribution in [1.82, 2.24) is 14.9 Å². The fourth-order valence-electron chi connectivity index (χ4n) is 1.22. The van der Waals surface area contributed by atoms with Gasteiger partial charge in [-0.25, -0.2) is 4.98 Å². The average molecular weight is 205 g/mol. The highest BCUT2D eigenvalue weighted by Crippen LogP contribution is 2.00. The first-order valence-corrected chi connectivity index (χ1v) is 4.55. The third-order valence-electron chi connectivity index (χ3n) is 2.07. The molecule has 5 nitrogen and oxygen atoms in total. The molecule has 0 aliphatic carbocycles. The van der Waals surface area contributed by atoms with Crippen LogP contribution in [0.2, 0.25) is 0 Å². The Bertz CT molecular complexity index is 445.